The molecule has 1 aromatic rings. The Kier molecular flexibility index (Phi) is 4.74. The Bertz CT molecular complexity index is 517. The summed E-state index contributed by atoms with van der Waals surface area (Å²) < 4.78 is 5.48. The summed E-state index contributed by atoms with van der Waals surface area (Å²) in [4.78, 5) is 28.4. The molecule has 1 aliphatic rings. The van der Waals surface area contributed by atoms with Crippen LogP contribution in [0.25, 0.3) is 0 Å². The summed E-state index contributed by atoms with van der Waals surface area (Å²) in [6.45, 7) is 5.27. The van der Waals surface area contributed by atoms with Gasteiger partial charge in [0.25, 0.3) is 0 Å². The molecular weight excluding hydrogens is 274 g/mol. The van der Waals surface area contributed by atoms with Crippen LogP contribution in [0.5, 0.6) is 0 Å². The third kappa shape index (κ3) is 3.91. The summed E-state index contributed by atoms with van der Waals surface area (Å²) in [5, 5.41) is 11.6. The number of rotatable bonds is 3. The lowest BCUT2D eigenvalue weighted by atomic mass is 10.2. The molecule has 0 spiro atoms. The molecule has 1 aromatic heterocycles. The normalized spacial score (nSPS) is 21.9. The molecule has 2 amide bonds. The van der Waals surface area contributed by atoms with Crippen LogP contribution >= 0.6 is 0 Å². The number of urea groups is 1. The Labute approximate surface area is 122 Å². The fraction of sp³-hybridized carbons (Fsp3) is 0.500. The molecule has 1 saturated heterocycles. The third-order valence-corrected chi connectivity index (χ3v) is 3.36. The van der Waals surface area contributed by atoms with Gasteiger partial charge >= 0.3 is 12.0 Å². The Morgan fingerprint density at radius 3 is 2.86 bits per heavy atom. The second kappa shape index (κ2) is 6.53. The number of hydrogen-bond acceptors (Lipinski definition) is 4. The molecule has 2 rings (SSSR count). The summed E-state index contributed by atoms with van der Waals surface area (Å²) in [6, 6.07) is 2.94. The average Bonchev–Trinajstić information content (AvgIpc) is 2.47. The molecule has 0 aromatic carbocycles. The zero-order valence-corrected chi connectivity index (χ0v) is 12.1. The van der Waals surface area contributed by atoms with Crippen molar-refractivity contribution in [1.29, 1.82) is 0 Å². The number of aromatic nitrogens is 1. The number of hydrogen-bond donors (Lipinski definition) is 2. The van der Waals surface area contributed by atoms with Crippen LogP contribution in [0.4, 0.5) is 4.79 Å². The van der Waals surface area contributed by atoms with E-state index in [1.165, 1.54) is 12.3 Å². The number of aromatic carboxylic acids is 1. The number of morpholine rings is 1. The van der Waals surface area contributed by atoms with Gasteiger partial charge in [0, 0.05) is 19.3 Å². The smallest absolute Gasteiger partial charge is 0.354 e. The molecule has 2 N–H and O–H groups in total. The largest absolute Gasteiger partial charge is 0.477 e. The van der Waals surface area contributed by atoms with E-state index in [1.54, 1.807) is 11.0 Å². The van der Waals surface area contributed by atoms with Gasteiger partial charge in [-0.05, 0) is 25.5 Å². The van der Waals surface area contributed by atoms with Crippen LogP contribution in [0.2, 0.25) is 0 Å². The predicted molar refractivity (Wildman–Crippen MR) is 75.0 cm³/mol. The highest BCUT2D eigenvalue weighted by atomic mass is 16.5. The maximum atomic E-state index is 12.1. The fourth-order valence-corrected chi connectivity index (χ4v) is 2.12. The van der Waals surface area contributed by atoms with E-state index in [9.17, 15) is 9.59 Å². The maximum absolute atomic E-state index is 12.1. The molecule has 0 saturated carbocycles. The number of nitrogens with one attached hydrogen (secondary N) is 1. The van der Waals surface area contributed by atoms with Gasteiger partial charge in [0.2, 0.25) is 0 Å². The SMILES string of the molecule is CC1CN(C(=O)NCc2ccc(C(=O)O)nc2)C(C)CO1. The number of carbonyl (C=O) groups excluding carboxylic acids is 1. The molecule has 2 heterocycles. The van der Waals surface area contributed by atoms with Crippen molar-refractivity contribution < 1.29 is 19.4 Å². The van der Waals surface area contributed by atoms with Crippen molar-refractivity contribution in [2.75, 3.05) is 13.2 Å². The quantitative estimate of drug-likeness (QED) is 0.870. The fourth-order valence-electron chi connectivity index (χ4n) is 2.12. The minimum Gasteiger partial charge on any atom is -0.477 e. The molecule has 21 heavy (non-hydrogen) atoms. The van der Waals surface area contributed by atoms with E-state index in [-0.39, 0.29) is 23.9 Å². The number of carbonyl (C=O) groups is 2. The lowest BCUT2D eigenvalue weighted by Crippen LogP contribution is -2.53. The zero-order valence-electron chi connectivity index (χ0n) is 12.1. The summed E-state index contributed by atoms with van der Waals surface area (Å²) in [5.74, 6) is -1.07. The van der Waals surface area contributed by atoms with Gasteiger partial charge in [-0.1, -0.05) is 6.07 Å². The van der Waals surface area contributed by atoms with Crippen molar-refractivity contribution in [3.63, 3.8) is 0 Å². The van der Waals surface area contributed by atoms with Crippen molar-refractivity contribution in [2.45, 2.75) is 32.5 Å². The maximum Gasteiger partial charge on any atom is 0.354 e. The van der Waals surface area contributed by atoms with Gasteiger partial charge < -0.3 is 20.1 Å². The van der Waals surface area contributed by atoms with Crippen molar-refractivity contribution >= 4 is 12.0 Å². The van der Waals surface area contributed by atoms with Crippen molar-refractivity contribution in [1.82, 2.24) is 15.2 Å². The predicted octanol–water partition coefficient (Wildman–Crippen LogP) is 1.10. The van der Waals surface area contributed by atoms with E-state index in [1.807, 2.05) is 13.8 Å². The molecule has 1 aliphatic heterocycles. The Balaban J connectivity index is 1.89. The number of pyridine rings is 1. The summed E-state index contributed by atoms with van der Waals surface area (Å²) >= 11 is 0. The molecule has 7 nitrogen and oxygen atoms in total. The zero-order chi connectivity index (χ0) is 15.4. The lowest BCUT2D eigenvalue weighted by Gasteiger charge is -2.36. The van der Waals surface area contributed by atoms with Crippen LogP contribution in [0.1, 0.15) is 29.9 Å². The first-order chi connectivity index (χ1) is 9.97. The van der Waals surface area contributed by atoms with Crippen molar-refractivity contribution in [2.24, 2.45) is 0 Å². The van der Waals surface area contributed by atoms with Crippen molar-refractivity contribution in [3.05, 3.63) is 29.6 Å². The van der Waals surface area contributed by atoms with Gasteiger partial charge in [-0.3, -0.25) is 0 Å². The van der Waals surface area contributed by atoms with Gasteiger partial charge in [0.15, 0.2) is 0 Å². The summed E-state index contributed by atoms with van der Waals surface area (Å²) in [5.41, 5.74) is 0.739. The van der Waals surface area contributed by atoms with Crippen LogP contribution in [-0.4, -0.2) is 52.3 Å². The van der Waals surface area contributed by atoms with E-state index >= 15 is 0 Å². The molecule has 0 bridgehead atoms. The highest BCUT2D eigenvalue weighted by molar-refractivity contribution is 5.85. The topological polar surface area (TPSA) is 91.8 Å². The Morgan fingerprint density at radius 1 is 1.48 bits per heavy atom. The molecule has 2 unspecified atom stereocenters. The van der Waals surface area contributed by atoms with Crippen LogP contribution < -0.4 is 5.32 Å². The molecule has 114 valence electrons. The number of nitrogens with zero attached hydrogens (tertiary/aromatic N) is 2. The van der Waals surface area contributed by atoms with Crippen LogP contribution in [-0.2, 0) is 11.3 Å². The average molecular weight is 293 g/mol. The van der Waals surface area contributed by atoms with E-state index in [0.717, 1.165) is 5.56 Å². The van der Waals surface area contributed by atoms with E-state index in [0.29, 0.717) is 19.7 Å². The highest BCUT2D eigenvalue weighted by Gasteiger charge is 2.27. The third-order valence-electron chi connectivity index (χ3n) is 3.36. The van der Waals surface area contributed by atoms with Gasteiger partial charge in [0.05, 0.1) is 18.8 Å². The minimum atomic E-state index is -1.07. The van der Waals surface area contributed by atoms with Gasteiger partial charge in [-0.25, -0.2) is 14.6 Å². The standard InChI is InChI=1S/C14H19N3O4/c1-9-8-21-10(2)7-17(9)14(20)16-6-11-3-4-12(13(18)19)15-5-11/h3-5,9-10H,6-8H2,1-2H3,(H,16,20)(H,18,19). The van der Waals surface area contributed by atoms with Crippen molar-refractivity contribution in [3.8, 4) is 0 Å². The monoisotopic (exact) mass is 293 g/mol. The van der Waals surface area contributed by atoms with E-state index in [4.69, 9.17) is 9.84 Å². The molecule has 7 heteroatoms. The molecule has 0 radical (unpaired) electrons. The Hall–Kier alpha value is -2.15. The molecule has 2 atom stereocenters. The van der Waals surface area contributed by atoms with Crippen LogP contribution in [0.15, 0.2) is 18.3 Å². The number of carboxylic acid groups (broad SMARTS) is 1. The molecule has 0 aliphatic carbocycles. The van der Waals surface area contributed by atoms with Gasteiger partial charge in [0.1, 0.15) is 5.69 Å². The Morgan fingerprint density at radius 2 is 2.24 bits per heavy atom. The van der Waals surface area contributed by atoms with Crippen LogP contribution in [0.3, 0.4) is 0 Å². The van der Waals surface area contributed by atoms with Gasteiger partial charge in [-0.2, -0.15) is 0 Å². The second-order valence-corrected chi connectivity index (χ2v) is 5.16. The number of carboxylic acids is 1. The first-order valence-corrected chi connectivity index (χ1v) is 6.81. The van der Waals surface area contributed by atoms with E-state index < -0.39 is 5.97 Å². The first kappa shape index (κ1) is 15.2. The van der Waals surface area contributed by atoms with Crippen LogP contribution in [0, 0.1) is 0 Å². The minimum absolute atomic E-state index is 0.0132. The molecular formula is C14H19N3O4. The summed E-state index contributed by atoms with van der Waals surface area (Å²) in [6.07, 6.45) is 1.48. The molecule has 1 fully saturated rings. The lowest BCUT2D eigenvalue weighted by molar-refractivity contribution is -0.0318. The number of amides is 2. The number of ether oxygens (including phenoxy) is 1. The van der Waals surface area contributed by atoms with Gasteiger partial charge in [-0.15, -0.1) is 0 Å². The highest BCUT2D eigenvalue weighted by Crippen LogP contribution is 2.11. The second-order valence-electron chi connectivity index (χ2n) is 5.16. The first-order valence-electron chi connectivity index (χ1n) is 6.81. The van der Waals surface area contributed by atoms with E-state index in [2.05, 4.69) is 10.3 Å². The summed E-state index contributed by atoms with van der Waals surface area (Å²) in [7, 11) is 0.